The average molecular weight is 454 g/mol. The highest BCUT2D eigenvalue weighted by Crippen LogP contribution is 2.14. The highest BCUT2D eigenvalue weighted by Gasteiger charge is 2.30. The predicted octanol–water partition coefficient (Wildman–Crippen LogP) is -0.526. The SMILES string of the molecule is NC(OC(=O)C(N=C=S)N(CCN(CC(=O)O)CC(=O)O)CC(=O)O)c1ccccc1. The largest absolute Gasteiger partial charge is 0.480 e. The van der Waals surface area contributed by atoms with Crippen molar-refractivity contribution in [1.29, 1.82) is 0 Å². The van der Waals surface area contributed by atoms with E-state index in [1.807, 2.05) is 5.16 Å². The summed E-state index contributed by atoms with van der Waals surface area (Å²) in [7, 11) is 0. The zero-order chi connectivity index (χ0) is 23.4. The van der Waals surface area contributed by atoms with Gasteiger partial charge in [0.1, 0.15) is 0 Å². The number of hydrogen-bond acceptors (Lipinski definition) is 10. The standard InChI is InChI=1S/C18H22N4O8S/c19-16(12-4-2-1-3-5-12)30-18(29)17(20-11-31)22(10-15(27)28)7-6-21(8-13(23)24)9-14(25)26/h1-5,16-17H,6-10,19H2,(H,23,24)(H,25,26)(H,27,28). The fourth-order valence-electron chi connectivity index (χ4n) is 2.56. The van der Waals surface area contributed by atoms with Crippen LogP contribution in [0.2, 0.25) is 0 Å². The zero-order valence-corrected chi connectivity index (χ0v) is 17.1. The van der Waals surface area contributed by atoms with E-state index < -0.39 is 55.9 Å². The van der Waals surface area contributed by atoms with Crippen LogP contribution < -0.4 is 5.73 Å². The summed E-state index contributed by atoms with van der Waals surface area (Å²) in [5.41, 5.74) is 6.34. The average Bonchev–Trinajstić information content (AvgIpc) is 2.68. The summed E-state index contributed by atoms with van der Waals surface area (Å²) >= 11 is 4.54. The van der Waals surface area contributed by atoms with Crippen LogP contribution in [0, 0.1) is 0 Å². The monoisotopic (exact) mass is 454 g/mol. The maximum atomic E-state index is 12.6. The van der Waals surface area contributed by atoms with Gasteiger partial charge in [-0.15, -0.1) is 0 Å². The van der Waals surface area contributed by atoms with Gasteiger partial charge >= 0.3 is 23.9 Å². The minimum Gasteiger partial charge on any atom is -0.480 e. The number of rotatable bonds is 14. The fourth-order valence-corrected chi connectivity index (χ4v) is 2.66. The van der Waals surface area contributed by atoms with Crippen molar-refractivity contribution in [3.05, 3.63) is 35.9 Å². The van der Waals surface area contributed by atoms with Gasteiger partial charge < -0.3 is 20.1 Å². The Kier molecular flexibility index (Phi) is 11.0. The van der Waals surface area contributed by atoms with Gasteiger partial charge in [0.15, 0.2) is 6.23 Å². The summed E-state index contributed by atoms with van der Waals surface area (Å²) in [6, 6.07) is 8.37. The Bertz CT molecular complexity index is 815. The minimum atomic E-state index is -1.53. The van der Waals surface area contributed by atoms with Crippen molar-refractivity contribution in [3.63, 3.8) is 0 Å². The second kappa shape index (κ2) is 13.2. The first kappa shape index (κ1) is 25.8. The summed E-state index contributed by atoms with van der Waals surface area (Å²) in [4.78, 5) is 51.5. The molecule has 0 aliphatic rings. The van der Waals surface area contributed by atoms with Crippen LogP contribution >= 0.6 is 12.2 Å². The minimum absolute atomic E-state index is 0.187. The Balaban J connectivity index is 2.99. The molecule has 31 heavy (non-hydrogen) atoms. The molecule has 0 saturated heterocycles. The maximum Gasteiger partial charge on any atom is 0.348 e. The third-order valence-electron chi connectivity index (χ3n) is 3.86. The first-order valence-electron chi connectivity index (χ1n) is 8.83. The van der Waals surface area contributed by atoms with Gasteiger partial charge in [0.25, 0.3) is 0 Å². The molecule has 168 valence electrons. The predicted molar refractivity (Wildman–Crippen MR) is 109 cm³/mol. The van der Waals surface area contributed by atoms with Crippen LogP contribution in [-0.2, 0) is 23.9 Å². The number of aliphatic carboxylic acids is 3. The Hall–Kier alpha value is -3.22. The van der Waals surface area contributed by atoms with Crippen LogP contribution in [0.4, 0.5) is 0 Å². The van der Waals surface area contributed by atoms with Crippen LogP contribution in [0.25, 0.3) is 0 Å². The van der Waals surface area contributed by atoms with E-state index in [-0.39, 0.29) is 13.1 Å². The van der Waals surface area contributed by atoms with Crippen LogP contribution in [0.3, 0.4) is 0 Å². The summed E-state index contributed by atoms with van der Waals surface area (Å²) in [5, 5.41) is 29.0. The maximum absolute atomic E-state index is 12.6. The molecular weight excluding hydrogens is 432 g/mol. The Morgan fingerprint density at radius 2 is 1.55 bits per heavy atom. The molecule has 0 bridgehead atoms. The van der Waals surface area contributed by atoms with Gasteiger partial charge in [0.05, 0.1) is 24.8 Å². The summed E-state index contributed by atoms with van der Waals surface area (Å²) < 4.78 is 5.17. The Morgan fingerprint density at radius 1 is 1.00 bits per heavy atom. The molecule has 5 N–H and O–H groups in total. The number of isothiocyanates is 1. The first-order chi connectivity index (χ1) is 14.6. The van der Waals surface area contributed by atoms with Gasteiger partial charge in [-0.1, -0.05) is 30.3 Å². The van der Waals surface area contributed by atoms with Gasteiger partial charge in [-0.05, 0) is 12.2 Å². The molecule has 0 fully saturated rings. The van der Waals surface area contributed by atoms with Crippen molar-refractivity contribution in [3.8, 4) is 0 Å². The lowest BCUT2D eigenvalue weighted by atomic mass is 10.2. The van der Waals surface area contributed by atoms with E-state index in [1.54, 1.807) is 30.3 Å². The lowest BCUT2D eigenvalue weighted by Gasteiger charge is -2.28. The number of carbonyl (C=O) groups is 4. The van der Waals surface area contributed by atoms with E-state index in [0.29, 0.717) is 5.56 Å². The van der Waals surface area contributed by atoms with E-state index in [0.717, 1.165) is 9.80 Å². The molecule has 1 rings (SSSR count). The number of nitrogens with two attached hydrogens (primary N) is 1. The molecule has 0 amide bonds. The molecule has 12 nitrogen and oxygen atoms in total. The Labute approximate surface area is 182 Å². The highest BCUT2D eigenvalue weighted by molar-refractivity contribution is 7.78. The second-order valence-corrected chi connectivity index (χ2v) is 6.41. The zero-order valence-electron chi connectivity index (χ0n) is 16.3. The van der Waals surface area contributed by atoms with E-state index >= 15 is 0 Å². The number of thiocarbonyl (C=S) groups is 1. The molecule has 0 saturated carbocycles. The van der Waals surface area contributed by atoms with Crippen molar-refractivity contribution in [1.82, 2.24) is 9.80 Å². The molecule has 0 spiro atoms. The number of aliphatic imine (C=N–C) groups is 1. The number of esters is 1. The van der Waals surface area contributed by atoms with Gasteiger partial charge in [-0.3, -0.25) is 29.9 Å². The quantitative estimate of drug-likeness (QED) is 0.122. The molecule has 2 unspecified atom stereocenters. The third kappa shape index (κ3) is 9.89. The van der Waals surface area contributed by atoms with Crippen molar-refractivity contribution >= 4 is 41.3 Å². The molecule has 0 heterocycles. The molecule has 0 aliphatic carbocycles. The topological polar surface area (TPSA) is 183 Å². The number of nitrogens with zero attached hydrogens (tertiary/aromatic N) is 3. The van der Waals surface area contributed by atoms with Gasteiger partial charge in [-0.25, -0.2) is 9.79 Å². The van der Waals surface area contributed by atoms with Crippen molar-refractivity contribution in [2.75, 3.05) is 32.7 Å². The third-order valence-corrected chi connectivity index (χ3v) is 3.97. The molecular formula is C18H22N4O8S. The molecule has 1 aromatic rings. The first-order valence-corrected chi connectivity index (χ1v) is 9.24. The normalized spacial score (nSPS) is 12.6. The van der Waals surface area contributed by atoms with Crippen LogP contribution in [0.15, 0.2) is 35.3 Å². The van der Waals surface area contributed by atoms with Gasteiger partial charge in [0.2, 0.25) is 6.17 Å². The molecule has 2 atom stereocenters. The number of carboxylic acid groups (broad SMARTS) is 3. The number of carboxylic acids is 3. The molecule has 1 aromatic carbocycles. The van der Waals surface area contributed by atoms with Crippen LogP contribution in [-0.4, -0.2) is 93.0 Å². The van der Waals surface area contributed by atoms with Crippen LogP contribution in [0.5, 0.6) is 0 Å². The number of benzene rings is 1. The molecule has 0 aliphatic heterocycles. The summed E-state index contributed by atoms with van der Waals surface area (Å²) in [5.74, 6) is -4.86. The van der Waals surface area contributed by atoms with Gasteiger partial charge in [0, 0.05) is 18.7 Å². The smallest absolute Gasteiger partial charge is 0.348 e. The number of ether oxygens (including phenoxy) is 1. The van der Waals surface area contributed by atoms with Crippen LogP contribution in [0.1, 0.15) is 11.8 Å². The summed E-state index contributed by atoms with van der Waals surface area (Å²) in [6.45, 7) is -2.30. The van der Waals surface area contributed by atoms with Gasteiger partial charge in [-0.2, -0.15) is 0 Å². The fraction of sp³-hybridized carbons (Fsp3) is 0.389. The molecule has 0 radical (unpaired) electrons. The Morgan fingerprint density at radius 3 is 2.03 bits per heavy atom. The lowest BCUT2D eigenvalue weighted by Crippen LogP contribution is -2.48. The highest BCUT2D eigenvalue weighted by atomic mass is 32.1. The van der Waals surface area contributed by atoms with E-state index in [1.165, 1.54) is 0 Å². The summed E-state index contributed by atoms with van der Waals surface area (Å²) in [6.07, 6.45) is -2.68. The van der Waals surface area contributed by atoms with E-state index in [9.17, 15) is 24.3 Å². The van der Waals surface area contributed by atoms with E-state index in [4.69, 9.17) is 20.7 Å². The molecule has 0 aromatic heterocycles. The second-order valence-electron chi connectivity index (χ2n) is 6.22. The van der Waals surface area contributed by atoms with Crippen molar-refractivity contribution < 1.29 is 39.2 Å². The van der Waals surface area contributed by atoms with Crippen molar-refractivity contribution in [2.24, 2.45) is 10.7 Å². The lowest BCUT2D eigenvalue weighted by molar-refractivity contribution is -0.157. The van der Waals surface area contributed by atoms with E-state index in [2.05, 4.69) is 17.2 Å². The molecule has 13 heteroatoms. The number of hydrogen-bond donors (Lipinski definition) is 4. The van der Waals surface area contributed by atoms with Crippen molar-refractivity contribution in [2.45, 2.75) is 12.4 Å². The number of carbonyl (C=O) groups excluding carboxylic acids is 1.